The van der Waals surface area contributed by atoms with Crippen LogP contribution in [0.3, 0.4) is 0 Å². The van der Waals surface area contributed by atoms with Crippen LogP contribution in [-0.4, -0.2) is 52.0 Å². The topological polar surface area (TPSA) is 85.4 Å². The number of carbonyl (C=O) groups is 1. The first kappa shape index (κ1) is 20.2. The highest BCUT2D eigenvalue weighted by atomic mass is 16.5. The second kappa shape index (κ2) is 8.71. The van der Waals surface area contributed by atoms with Crippen LogP contribution in [0.2, 0.25) is 0 Å². The minimum absolute atomic E-state index is 0.229. The number of amides is 1. The van der Waals surface area contributed by atoms with Gasteiger partial charge < -0.3 is 14.6 Å². The van der Waals surface area contributed by atoms with E-state index in [2.05, 4.69) is 20.5 Å². The molecule has 2 aromatic heterocycles. The summed E-state index contributed by atoms with van der Waals surface area (Å²) in [5, 5.41) is 10.9. The predicted molar refractivity (Wildman–Crippen MR) is 113 cm³/mol. The molecule has 1 aliphatic heterocycles. The molecule has 0 bridgehead atoms. The summed E-state index contributed by atoms with van der Waals surface area (Å²) in [7, 11) is 0. The van der Waals surface area contributed by atoms with Gasteiger partial charge in [-0.1, -0.05) is 17.3 Å². The molecule has 0 unspecified atom stereocenters. The van der Waals surface area contributed by atoms with Gasteiger partial charge in [-0.15, -0.1) is 0 Å². The van der Waals surface area contributed by atoms with Crippen molar-refractivity contribution in [2.24, 2.45) is 0 Å². The Morgan fingerprint density at radius 2 is 1.93 bits per heavy atom. The number of hydrogen-bond acceptors (Lipinski definition) is 6. The van der Waals surface area contributed by atoms with Gasteiger partial charge in [-0.25, -0.2) is 0 Å². The Bertz CT molecular complexity index is 957. The molecule has 0 radical (unpaired) electrons. The highest BCUT2D eigenvalue weighted by molar-refractivity contribution is 5.95. The van der Waals surface area contributed by atoms with Crippen molar-refractivity contribution in [1.82, 2.24) is 19.8 Å². The SMILES string of the molecule is CC(C)(C(=O)Nc1ccon1)n1cc(-c2ccc(OCCN3CCCC3)cc2)cn1. The number of rotatable bonds is 8. The van der Waals surface area contributed by atoms with Gasteiger partial charge in [0.15, 0.2) is 5.82 Å². The summed E-state index contributed by atoms with van der Waals surface area (Å²) in [5.74, 6) is 1.01. The van der Waals surface area contributed by atoms with Crippen LogP contribution in [0.4, 0.5) is 5.82 Å². The Labute approximate surface area is 175 Å². The first-order valence-corrected chi connectivity index (χ1v) is 10.2. The van der Waals surface area contributed by atoms with Crippen molar-refractivity contribution in [1.29, 1.82) is 0 Å². The Morgan fingerprint density at radius 3 is 2.63 bits per heavy atom. The molecule has 0 saturated carbocycles. The standard InChI is InChI=1S/C22H27N5O3/c1-22(2,21(28)24-20-9-13-30-25-20)27-16-18(15-23-27)17-5-7-19(8-6-17)29-14-12-26-10-3-4-11-26/h5-9,13,15-16H,3-4,10-12,14H2,1-2H3,(H,24,25,28). The molecule has 1 amide bonds. The fraction of sp³-hybridized carbons (Fsp3) is 0.409. The van der Waals surface area contributed by atoms with Gasteiger partial charge in [0.05, 0.1) is 6.20 Å². The molecule has 8 nitrogen and oxygen atoms in total. The summed E-state index contributed by atoms with van der Waals surface area (Å²) in [5.41, 5.74) is 1.05. The zero-order valence-corrected chi connectivity index (χ0v) is 17.4. The summed E-state index contributed by atoms with van der Waals surface area (Å²) < 4.78 is 12.3. The van der Waals surface area contributed by atoms with Gasteiger partial charge in [-0.2, -0.15) is 5.10 Å². The molecule has 0 spiro atoms. The highest BCUT2D eigenvalue weighted by Gasteiger charge is 2.31. The fourth-order valence-electron chi connectivity index (χ4n) is 3.47. The number of aromatic nitrogens is 3. The molecule has 1 saturated heterocycles. The first-order valence-electron chi connectivity index (χ1n) is 10.2. The lowest BCUT2D eigenvalue weighted by atomic mass is 10.0. The maximum absolute atomic E-state index is 12.6. The largest absolute Gasteiger partial charge is 0.492 e. The van der Waals surface area contributed by atoms with Crippen LogP contribution in [-0.2, 0) is 10.3 Å². The average molecular weight is 409 g/mol. The Kier molecular flexibility index (Phi) is 5.85. The van der Waals surface area contributed by atoms with E-state index < -0.39 is 5.54 Å². The lowest BCUT2D eigenvalue weighted by Gasteiger charge is -2.23. The normalized spacial score (nSPS) is 14.7. The number of ether oxygens (including phenoxy) is 1. The van der Waals surface area contributed by atoms with Crippen LogP contribution in [0.25, 0.3) is 11.1 Å². The monoisotopic (exact) mass is 409 g/mol. The quantitative estimate of drug-likeness (QED) is 0.614. The highest BCUT2D eigenvalue weighted by Crippen LogP contribution is 2.25. The summed E-state index contributed by atoms with van der Waals surface area (Å²) in [6, 6.07) is 9.55. The molecule has 1 aliphatic rings. The van der Waals surface area contributed by atoms with E-state index in [1.807, 2.05) is 30.5 Å². The molecule has 8 heteroatoms. The molecule has 0 atom stereocenters. The van der Waals surface area contributed by atoms with E-state index in [0.717, 1.165) is 23.4 Å². The molecule has 3 aromatic rings. The number of anilines is 1. The minimum Gasteiger partial charge on any atom is -0.492 e. The third kappa shape index (κ3) is 4.54. The second-order valence-electron chi connectivity index (χ2n) is 7.99. The van der Waals surface area contributed by atoms with E-state index in [1.165, 1.54) is 32.2 Å². The average Bonchev–Trinajstić information content (AvgIpc) is 3.51. The van der Waals surface area contributed by atoms with Gasteiger partial charge in [0, 0.05) is 24.4 Å². The molecule has 30 heavy (non-hydrogen) atoms. The molecule has 0 aliphatic carbocycles. The molecule has 1 N–H and O–H groups in total. The van der Waals surface area contributed by atoms with Gasteiger partial charge in [0.25, 0.3) is 5.91 Å². The van der Waals surface area contributed by atoms with Gasteiger partial charge in [0.1, 0.15) is 24.2 Å². The van der Waals surface area contributed by atoms with Crippen LogP contribution < -0.4 is 10.1 Å². The van der Waals surface area contributed by atoms with E-state index in [1.54, 1.807) is 30.8 Å². The third-order valence-electron chi connectivity index (χ3n) is 5.45. The number of nitrogens with one attached hydrogen (secondary N) is 1. The third-order valence-corrected chi connectivity index (χ3v) is 5.45. The maximum Gasteiger partial charge on any atom is 0.253 e. The van der Waals surface area contributed by atoms with Crippen LogP contribution in [0.5, 0.6) is 5.75 Å². The molecular weight excluding hydrogens is 382 g/mol. The van der Waals surface area contributed by atoms with Crippen molar-refractivity contribution < 1.29 is 14.1 Å². The first-order chi connectivity index (χ1) is 14.5. The summed E-state index contributed by atoms with van der Waals surface area (Å²) >= 11 is 0. The lowest BCUT2D eigenvalue weighted by Crippen LogP contribution is -2.40. The van der Waals surface area contributed by atoms with Crippen LogP contribution in [0, 0.1) is 0 Å². The number of carbonyl (C=O) groups excluding carboxylic acids is 1. The van der Waals surface area contributed by atoms with E-state index in [0.29, 0.717) is 12.4 Å². The summed E-state index contributed by atoms with van der Waals surface area (Å²) in [6.45, 7) is 7.64. The van der Waals surface area contributed by atoms with Crippen molar-refractivity contribution in [2.75, 3.05) is 31.6 Å². The number of nitrogens with zero attached hydrogens (tertiary/aromatic N) is 4. The smallest absolute Gasteiger partial charge is 0.253 e. The van der Waals surface area contributed by atoms with E-state index in [-0.39, 0.29) is 5.91 Å². The Balaban J connectivity index is 1.37. The molecule has 1 fully saturated rings. The Hall–Kier alpha value is -3.13. The van der Waals surface area contributed by atoms with Crippen molar-refractivity contribution in [3.05, 3.63) is 49.0 Å². The minimum atomic E-state index is -0.893. The van der Waals surface area contributed by atoms with E-state index in [4.69, 9.17) is 9.26 Å². The van der Waals surface area contributed by atoms with Gasteiger partial charge in [0.2, 0.25) is 0 Å². The van der Waals surface area contributed by atoms with Gasteiger partial charge in [-0.05, 0) is 57.5 Å². The van der Waals surface area contributed by atoms with Crippen molar-refractivity contribution in [3.63, 3.8) is 0 Å². The maximum atomic E-state index is 12.6. The van der Waals surface area contributed by atoms with Crippen LogP contribution in [0.15, 0.2) is 53.5 Å². The predicted octanol–water partition coefficient (Wildman–Crippen LogP) is 3.39. The molecule has 1 aromatic carbocycles. The lowest BCUT2D eigenvalue weighted by molar-refractivity contribution is -0.123. The number of hydrogen-bond donors (Lipinski definition) is 1. The molecular formula is C22H27N5O3. The molecule has 4 rings (SSSR count). The van der Waals surface area contributed by atoms with Crippen molar-refractivity contribution >= 4 is 11.7 Å². The Morgan fingerprint density at radius 1 is 1.17 bits per heavy atom. The van der Waals surface area contributed by atoms with Crippen LogP contribution in [0.1, 0.15) is 26.7 Å². The fourth-order valence-corrected chi connectivity index (χ4v) is 3.47. The summed E-state index contributed by atoms with van der Waals surface area (Å²) in [4.78, 5) is 15.1. The zero-order valence-electron chi connectivity index (χ0n) is 17.4. The van der Waals surface area contributed by atoms with Gasteiger partial charge in [-0.3, -0.25) is 14.4 Å². The number of likely N-dealkylation sites (tertiary alicyclic amines) is 1. The molecule has 3 heterocycles. The van der Waals surface area contributed by atoms with Gasteiger partial charge >= 0.3 is 0 Å². The second-order valence-corrected chi connectivity index (χ2v) is 7.99. The van der Waals surface area contributed by atoms with Crippen molar-refractivity contribution in [2.45, 2.75) is 32.2 Å². The summed E-state index contributed by atoms with van der Waals surface area (Å²) in [6.07, 6.45) is 7.62. The van der Waals surface area contributed by atoms with E-state index in [9.17, 15) is 4.79 Å². The van der Waals surface area contributed by atoms with Crippen molar-refractivity contribution in [3.8, 4) is 16.9 Å². The van der Waals surface area contributed by atoms with E-state index >= 15 is 0 Å². The number of benzene rings is 1. The zero-order chi connectivity index (χ0) is 21.0. The van der Waals surface area contributed by atoms with Crippen LogP contribution >= 0.6 is 0 Å². The molecule has 158 valence electrons.